The van der Waals surface area contributed by atoms with E-state index >= 15 is 0 Å². The van der Waals surface area contributed by atoms with Gasteiger partial charge in [-0.05, 0) is 12.8 Å². The molecule has 0 bridgehead atoms. The van der Waals surface area contributed by atoms with Gasteiger partial charge in [0, 0.05) is 12.5 Å². The second-order valence-corrected chi connectivity index (χ2v) is 2.03. The number of hydrogen-bond donors (Lipinski definition) is 0. The van der Waals surface area contributed by atoms with Crippen LogP contribution in [0, 0.1) is 5.92 Å². The smallest absolute Gasteiger partial charge is 0.204 e. The van der Waals surface area contributed by atoms with E-state index in [0.29, 0.717) is 6.61 Å². The van der Waals surface area contributed by atoms with Crippen molar-refractivity contribution in [1.82, 2.24) is 0 Å². The maximum absolute atomic E-state index is 9.95. The number of hydrogen-bond acceptors (Lipinski definition) is 2. The van der Waals surface area contributed by atoms with Crippen LogP contribution in [0.4, 0.5) is 0 Å². The summed E-state index contributed by atoms with van der Waals surface area (Å²) in [6.45, 7) is 1.40. The van der Waals surface area contributed by atoms with Gasteiger partial charge in [-0.3, -0.25) is 4.79 Å². The van der Waals surface area contributed by atoms with Gasteiger partial charge in [-0.25, -0.2) is 0 Å². The summed E-state index contributed by atoms with van der Waals surface area (Å²) in [5.74, 6) is 0.0590. The summed E-state index contributed by atoms with van der Waals surface area (Å²) in [6, 6.07) is 0. The lowest BCUT2D eigenvalue weighted by molar-refractivity contribution is 0.0761. The molecule has 1 aliphatic rings. The van der Waals surface area contributed by atoms with Crippen molar-refractivity contribution in [1.29, 1.82) is 0 Å². The Hall–Kier alpha value is -0.370. The van der Waals surface area contributed by atoms with Crippen molar-refractivity contribution in [2.75, 3.05) is 13.2 Å². The lowest BCUT2D eigenvalue weighted by atomic mass is 10.1. The van der Waals surface area contributed by atoms with Crippen molar-refractivity contribution in [3.05, 3.63) is 0 Å². The molecule has 1 rings (SSSR count). The molecule has 0 aromatic rings. The Labute approximate surface area is 48.8 Å². The van der Waals surface area contributed by atoms with Crippen LogP contribution in [-0.2, 0) is 9.53 Å². The van der Waals surface area contributed by atoms with Gasteiger partial charge in [0.2, 0.25) is 6.29 Å². The molecule has 0 aromatic carbocycles. The first-order valence-electron chi connectivity index (χ1n) is 2.89. The van der Waals surface area contributed by atoms with Crippen LogP contribution in [0.2, 0.25) is 0 Å². The predicted molar refractivity (Wildman–Crippen MR) is 29.2 cm³/mol. The van der Waals surface area contributed by atoms with Crippen LogP contribution in [0.15, 0.2) is 0 Å². The van der Waals surface area contributed by atoms with Gasteiger partial charge in [-0.2, -0.15) is 0 Å². The molecule has 1 unspecified atom stereocenters. The zero-order valence-electron chi connectivity index (χ0n) is 4.72. The predicted octanol–water partition coefficient (Wildman–Crippen LogP) is 0.523. The highest BCUT2D eigenvalue weighted by Crippen LogP contribution is 2.09. The molecule has 8 heavy (non-hydrogen) atoms. The SMILES string of the molecule is O=[C]C1CCCOC1. The van der Waals surface area contributed by atoms with Crippen LogP contribution in [0.1, 0.15) is 12.8 Å². The van der Waals surface area contributed by atoms with Gasteiger partial charge in [-0.15, -0.1) is 0 Å². The van der Waals surface area contributed by atoms with Crippen molar-refractivity contribution in [3.8, 4) is 0 Å². The third kappa shape index (κ3) is 1.30. The van der Waals surface area contributed by atoms with Gasteiger partial charge in [-0.1, -0.05) is 0 Å². The Morgan fingerprint density at radius 1 is 1.62 bits per heavy atom. The summed E-state index contributed by atoms with van der Waals surface area (Å²) >= 11 is 0. The van der Waals surface area contributed by atoms with Crippen LogP contribution in [0.25, 0.3) is 0 Å². The zero-order chi connectivity index (χ0) is 5.82. The molecular formula is C6H9O2. The van der Waals surface area contributed by atoms with Crippen LogP contribution in [-0.4, -0.2) is 19.5 Å². The van der Waals surface area contributed by atoms with Gasteiger partial charge in [0.15, 0.2) is 0 Å². The third-order valence-electron chi connectivity index (χ3n) is 1.33. The molecule has 0 saturated carbocycles. The molecule has 0 aromatic heterocycles. The van der Waals surface area contributed by atoms with Gasteiger partial charge >= 0.3 is 0 Å². The maximum Gasteiger partial charge on any atom is 0.204 e. The molecular weight excluding hydrogens is 104 g/mol. The Balaban J connectivity index is 2.22. The lowest BCUT2D eigenvalue weighted by Crippen LogP contribution is -2.17. The molecule has 1 atom stereocenters. The van der Waals surface area contributed by atoms with E-state index in [1.807, 2.05) is 6.29 Å². The minimum absolute atomic E-state index is 0.0590. The fourth-order valence-corrected chi connectivity index (χ4v) is 0.834. The zero-order valence-corrected chi connectivity index (χ0v) is 4.72. The van der Waals surface area contributed by atoms with Gasteiger partial charge in [0.1, 0.15) is 0 Å². The van der Waals surface area contributed by atoms with Crippen LogP contribution in [0.5, 0.6) is 0 Å². The van der Waals surface area contributed by atoms with Crippen molar-refractivity contribution in [2.24, 2.45) is 5.92 Å². The molecule has 2 heteroatoms. The van der Waals surface area contributed by atoms with Crippen molar-refractivity contribution in [2.45, 2.75) is 12.8 Å². The third-order valence-corrected chi connectivity index (χ3v) is 1.33. The highest BCUT2D eigenvalue weighted by Gasteiger charge is 2.12. The standard InChI is InChI=1S/C6H9O2/c7-4-6-2-1-3-8-5-6/h6H,1-3,5H2. The molecule has 1 radical (unpaired) electrons. The minimum atomic E-state index is 0.0590. The van der Waals surface area contributed by atoms with E-state index < -0.39 is 0 Å². The van der Waals surface area contributed by atoms with E-state index in [-0.39, 0.29) is 5.92 Å². The molecule has 1 saturated heterocycles. The summed E-state index contributed by atoms with van der Waals surface area (Å²) in [4.78, 5) is 9.95. The molecule has 0 amide bonds. The molecule has 0 aliphatic carbocycles. The second kappa shape index (κ2) is 2.82. The largest absolute Gasteiger partial charge is 0.381 e. The van der Waals surface area contributed by atoms with E-state index in [0.717, 1.165) is 19.4 Å². The average Bonchev–Trinajstić information content (AvgIpc) is 1.90. The minimum Gasteiger partial charge on any atom is -0.381 e. The normalized spacial score (nSPS) is 29.8. The number of ether oxygens (including phenoxy) is 1. The van der Waals surface area contributed by atoms with Gasteiger partial charge < -0.3 is 4.74 Å². The number of carbonyl (C=O) groups excluding carboxylic acids is 1. The number of rotatable bonds is 1. The van der Waals surface area contributed by atoms with Crippen LogP contribution >= 0.6 is 0 Å². The summed E-state index contributed by atoms with van der Waals surface area (Å²) in [5, 5.41) is 0. The molecule has 0 spiro atoms. The van der Waals surface area contributed by atoms with Crippen molar-refractivity contribution >= 4 is 6.29 Å². The average molecular weight is 113 g/mol. The Kier molecular flexibility index (Phi) is 2.03. The van der Waals surface area contributed by atoms with Crippen molar-refractivity contribution in [3.63, 3.8) is 0 Å². The van der Waals surface area contributed by atoms with Crippen LogP contribution < -0.4 is 0 Å². The van der Waals surface area contributed by atoms with E-state index in [1.54, 1.807) is 0 Å². The fourth-order valence-electron chi connectivity index (χ4n) is 0.834. The van der Waals surface area contributed by atoms with Gasteiger partial charge in [0.25, 0.3) is 0 Å². The highest BCUT2D eigenvalue weighted by molar-refractivity contribution is 5.54. The summed E-state index contributed by atoms with van der Waals surface area (Å²) in [5.41, 5.74) is 0. The molecule has 1 heterocycles. The molecule has 45 valence electrons. The van der Waals surface area contributed by atoms with Crippen molar-refractivity contribution < 1.29 is 9.53 Å². The highest BCUT2D eigenvalue weighted by atomic mass is 16.5. The summed E-state index contributed by atoms with van der Waals surface area (Å²) in [6.07, 6.45) is 3.90. The first-order valence-corrected chi connectivity index (χ1v) is 2.89. The lowest BCUT2D eigenvalue weighted by Gasteiger charge is -2.14. The first-order chi connectivity index (χ1) is 3.93. The van der Waals surface area contributed by atoms with E-state index in [2.05, 4.69) is 0 Å². The summed E-state index contributed by atoms with van der Waals surface area (Å²) in [7, 11) is 0. The molecule has 1 fully saturated rings. The first kappa shape index (κ1) is 5.76. The van der Waals surface area contributed by atoms with E-state index in [4.69, 9.17) is 4.74 Å². The maximum atomic E-state index is 9.95. The molecule has 1 aliphatic heterocycles. The van der Waals surface area contributed by atoms with Crippen LogP contribution in [0.3, 0.4) is 0 Å². The topological polar surface area (TPSA) is 26.3 Å². The second-order valence-electron chi connectivity index (χ2n) is 2.03. The Bertz CT molecular complexity index is 74.6. The van der Waals surface area contributed by atoms with E-state index in [1.165, 1.54) is 0 Å². The summed E-state index contributed by atoms with van der Waals surface area (Å²) < 4.78 is 5.01. The molecule has 0 N–H and O–H groups in total. The van der Waals surface area contributed by atoms with Gasteiger partial charge in [0.05, 0.1) is 6.61 Å². The fraction of sp³-hybridized carbons (Fsp3) is 0.833. The Morgan fingerprint density at radius 3 is 2.88 bits per heavy atom. The quantitative estimate of drug-likeness (QED) is 0.495. The monoisotopic (exact) mass is 113 g/mol. The molecule has 2 nitrogen and oxygen atoms in total. The van der Waals surface area contributed by atoms with E-state index in [9.17, 15) is 4.79 Å². The Morgan fingerprint density at radius 2 is 2.50 bits per heavy atom.